The average Bonchev–Trinajstić information content (AvgIpc) is 2.60. The van der Waals surface area contributed by atoms with Crippen LogP contribution in [-0.2, 0) is 9.59 Å². The molecule has 0 aromatic heterocycles. The van der Waals surface area contributed by atoms with Crippen LogP contribution in [0.2, 0.25) is 0 Å². The second-order valence-electron chi connectivity index (χ2n) is 5.08. The molecule has 0 aliphatic carbocycles. The number of nitrogens with zero attached hydrogens (tertiary/aromatic N) is 1. The Balaban J connectivity index is 2.27. The van der Waals surface area contributed by atoms with E-state index < -0.39 is 0 Å². The van der Waals surface area contributed by atoms with Gasteiger partial charge in [0, 0.05) is 26.1 Å². The van der Waals surface area contributed by atoms with Crippen molar-refractivity contribution in [3.05, 3.63) is 0 Å². The predicted octanol–water partition coefficient (Wildman–Crippen LogP) is 1.55. The molecule has 0 aromatic rings. The molecule has 0 radical (unpaired) electrons. The summed E-state index contributed by atoms with van der Waals surface area (Å²) < 4.78 is 0. The summed E-state index contributed by atoms with van der Waals surface area (Å²) in [5.41, 5.74) is 0. The molecule has 1 heterocycles. The highest BCUT2D eigenvalue weighted by Crippen LogP contribution is 2.16. The van der Waals surface area contributed by atoms with E-state index in [0.717, 1.165) is 12.8 Å². The van der Waals surface area contributed by atoms with E-state index in [1.807, 2.05) is 6.92 Å². The number of hydrogen-bond donors (Lipinski definition) is 1. The molecule has 1 N–H and O–H groups in total. The van der Waals surface area contributed by atoms with Crippen molar-refractivity contribution >= 4 is 11.8 Å². The number of amides is 2. The van der Waals surface area contributed by atoms with E-state index in [1.54, 1.807) is 11.9 Å². The van der Waals surface area contributed by atoms with E-state index in [9.17, 15) is 9.59 Å². The van der Waals surface area contributed by atoms with Crippen molar-refractivity contribution in [2.24, 2.45) is 5.92 Å². The molecule has 1 saturated heterocycles. The summed E-state index contributed by atoms with van der Waals surface area (Å²) >= 11 is 0. The zero-order valence-corrected chi connectivity index (χ0v) is 11.2. The van der Waals surface area contributed by atoms with Crippen LogP contribution in [0.25, 0.3) is 0 Å². The zero-order valence-electron chi connectivity index (χ0n) is 11.2. The largest absolute Gasteiger partial charge is 0.353 e. The third kappa shape index (κ3) is 4.36. The first-order valence-electron chi connectivity index (χ1n) is 6.59. The summed E-state index contributed by atoms with van der Waals surface area (Å²) in [6.07, 6.45) is 4.95. The van der Waals surface area contributed by atoms with Gasteiger partial charge in [-0.25, -0.2) is 0 Å². The van der Waals surface area contributed by atoms with Crippen LogP contribution in [-0.4, -0.2) is 36.3 Å². The summed E-state index contributed by atoms with van der Waals surface area (Å²) in [6.45, 7) is 4.77. The van der Waals surface area contributed by atoms with Crippen molar-refractivity contribution < 1.29 is 9.59 Å². The molecule has 1 fully saturated rings. The number of rotatable bonds is 6. The van der Waals surface area contributed by atoms with Gasteiger partial charge in [-0.05, 0) is 13.3 Å². The van der Waals surface area contributed by atoms with Gasteiger partial charge < -0.3 is 10.2 Å². The number of unbranched alkanes of at least 4 members (excludes halogenated alkanes) is 2. The van der Waals surface area contributed by atoms with Crippen molar-refractivity contribution in [2.75, 3.05) is 13.6 Å². The molecule has 0 unspecified atom stereocenters. The minimum atomic E-state index is -0.152. The second-order valence-corrected chi connectivity index (χ2v) is 5.08. The van der Waals surface area contributed by atoms with Crippen molar-refractivity contribution in [3.8, 4) is 0 Å². The summed E-state index contributed by atoms with van der Waals surface area (Å²) in [4.78, 5) is 24.9. The molecular formula is C13H24N2O2. The highest BCUT2D eigenvalue weighted by atomic mass is 16.2. The first-order chi connectivity index (χ1) is 8.04. The van der Waals surface area contributed by atoms with Gasteiger partial charge in [0.15, 0.2) is 0 Å². The topological polar surface area (TPSA) is 49.4 Å². The van der Waals surface area contributed by atoms with Gasteiger partial charge in [-0.2, -0.15) is 0 Å². The lowest BCUT2D eigenvalue weighted by Crippen LogP contribution is -2.38. The van der Waals surface area contributed by atoms with Gasteiger partial charge in [-0.1, -0.05) is 26.2 Å². The second kappa shape index (κ2) is 6.62. The molecule has 0 aromatic carbocycles. The molecule has 17 heavy (non-hydrogen) atoms. The maximum Gasteiger partial charge on any atom is 0.225 e. The Morgan fingerprint density at radius 3 is 2.76 bits per heavy atom. The third-order valence-electron chi connectivity index (χ3n) is 3.34. The number of carbonyl (C=O) groups is 2. The van der Waals surface area contributed by atoms with Gasteiger partial charge in [0.25, 0.3) is 0 Å². The normalized spacial score (nSPS) is 21.7. The Kier molecular flexibility index (Phi) is 5.45. The van der Waals surface area contributed by atoms with E-state index in [0.29, 0.717) is 13.0 Å². The van der Waals surface area contributed by atoms with Crippen molar-refractivity contribution in [1.82, 2.24) is 10.2 Å². The number of carbonyl (C=O) groups excluding carboxylic acids is 2. The van der Waals surface area contributed by atoms with Crippen LogP contribution in [0.4, 0.5) is 0 Å². The lowest BCUT2D eigenvalue weighted by atomic mass is 10.1. The van der Waals surface area contributed by atoms with E-state index in [4.69, 9.17) is 0 Å². The van der Waals surface area contributed by atoms with Gasteiger partial charge in [-0.3, -0.25) is 9.59 Å². The lowest BCUT2D eigenvalue weighted by Gasteiger charge is -2.16. The minimum absolute atomic E-state index is 0.0340. The van der Waals surface area contributed by atoms with Crippen molar-refractivity contribution in [1.29, 1.82) is 0 Å². The van der Waals surface area contributed by atoms with Crippen LogP contribution >= 0.6 is 0 Å². The SMILES string of the molecule is CCCCC[C@H](C)NC(=O)[C@H]1CC(=O)N(C)C1. The van der Waals surface area contributed by atoms with Crippen LogP contribution in [0.1, 0.15) is 46.0 Å². The highest BCUT2D eigenvalue weighted by molar-refractivity contribution is 5.89. The Labute approximate surface area is 104 Å². The summed E-state index contributed by atoms with van der Waals surface area (Å²) in [7, 11) is 1.75. The molecule has 0 saturated carbocycles. The molecule has 98 valence electrons. The molecule has 0 spiro atoms. The predicted molar refractivity (Wildman–Crippen MR) is 67.5 cm³/mol. The maximum atomic E-state index is 11.9. The van der Waals surface area contributed by atoms with Gasteiger partial charge in [0.2, 0.25) is 11.8 Å². The monoisotopic (exact) mass is 240 g/mol. The van der Waals surface area contributed by atoms with E-state index in [2.05, 4.69) is 12.2 Å². The Morgan fingerprint density at radius 1 is 1.53 bits per heavy atom. The highest BCUT2D eigenvalue weighted by Gasteiger charge is 2.32. The number of hydrogen-bond acceptors (Lipinski definition) is 2. The maximum absolute atomic E-state index is 11.9. The fraction of sp³-hybridized carbons (Fsp3) is 0.846. The quantitative estimate of drug-likeness (QED) is 0.716. The molecule has 2 amide bonds. The zero-order chi connectivity index (χ0) is 12.8. The van der Waals surface area contributed by atoms with Crippen LogP contribution in [0, 0.1) is 5.92 Å². The summed E-state index contributed by atoms with van der Waals surface area (Å²) in [5.74, 6) is -0.0448. The minimum Gasteiger partial charge on any atom is -0.353 e. The standard InChI is InChI=1S/C13H24N2O2/c1-4-5-6-7-10(2)14-13(17)11-8-12(16)15(3)9-11/h10-11H,4-9H2,1-3H3,(H,14,17)/t10-,11-/m0/s1. The number of likely N-dealkylation sites (tertiary alicyclic amines) is 1. The Bertz CT molecular complexity index is 279. The van der Waals surface area contributed by atoms with Gasteiger partial charge >= 0.3 is 0 Å². The van der Waals surface area contributed by atoms with Crippen LogP contribution in [0.15, 0.2) is 0 Å². The lowest BCUT2D eigenvalue weighted by molar-refractivity contribution is -0.128. The fourth-order valence-electron chi connectivity index (χ4n) is 2.17. The van der Waals surface area contributed by atoms with Gasteiger partial charge in [0.1, 0.15) is 0 Å². The van der Waals surface area contributed by atoms with E-state index in [-0.39, 0.29) is 23.8 Å². The van der Waals surface area contributed by atoms with Crippen molar-refractivity contribution in [2.45, 2.75) is 52.0 Å². The summed E-state index contributed by atoms with van der Waals surface area (Å²) in [5, 5.41) is 3.00. The molecule has 2 atom stereocenters. The number of nitrogens with one attached hydrogen (secondary N) is 1. The first-order valence-corrected chi connectivity index (χ1v) is 6.59. The first kappa shape index (κ1) is 14.0. The summed E-state index contributed by atoms with van der Waals surface area (Å²) in [6, 6.07) is 0.218. The molecule has 1 rings (SSSR count). The molecular weight excluding hydrogens is 216 g/mol. The molecule has 4 heteroatoms. The van der Waals surface area contributed by atoms with E-state index >= 15 is 0 Å². The van der Waals surface area contributed by atoms with Crippen LogP contribution in [0.3, 0.4) is 0 Å². The molecule has 4 nitrogen and oxygen atoms in total. The molecule has 0 bridgehead atoms. The Hall–Kier alpha value is -1.06. The van der Waals surface area contributed by atoms with Gasteiger partial charge in [0.05, 0.1) is 5.92 Å². The van der Waals surface area contributed by atoms with Crippen LogP contribution < -0.4 is 5.32 Å². The smallest absolute Gasteiger partial charge is 0.225 e. The van der Waals surface area contributed by atoms with Gasteiger partial charge in [-0.15, -0.1) is 0 Å². The average molecular weight is 240 g/mol. The third-order valence-corrected chi connectivity index (χ3v) is 3.34. The Morgan fingerprint density at radius 2 is 2.24 bits per heavy atom. The fourth-order valence-corrected chi connectivity index (χ4v) is 2.17. The molecule has 1 aliphatic rings. The molecule has 1 aliphatic heterocycles. The van der Waals surface area contributed by atoms with Crippen molar-refractivity contribution in [3.63, 3.8) is 0 Å². The van der Waals surface area contributed by atoms with Crippen LogP contribution in [0.5, 0.6) is 0 Å². The van der Waals surface area contributed by atoms with E-state index in [1.165, 1.54) is 12.8 Å².